The van der Waals surface area contributed by atoms with Crippen LogP contribution >= 0.6 is 0 Å². The number of hydrogen-bond acceptors (Lipinski definition) is 3. The molecule has 0 fully saturated rings. The maximum atomic E-state index is 13.1. The van der Waals surface area contributed by atoms with Crippen LogP contribution in [0.4, 0.5) is 8.78 Å². The molecule has 3 nitrogen and oxygen atoms in total. The Morgan fingerprint density at radius 3 is 2.68 bits per heavy atom. The van der Waals surface area contributed by atoms with Crippen molar-refractivity contribution in [3.63, 3.8) is 0 Å². The second-order valence-corrected chi connectivity index (χ2v) is 4.16. The summed E-state index contributed by atoms with van der Waals surface area (Å²) < 4.78 is 31.5. The van der Waals surface area contributed by atoms with Crippen LogP contribution in [0.3, 0.4) is 0 Å². The Bertz CT molecular complexity index is 573. The van der Waals surface area contributed by atoms with Crippen LogP contribution in [0.15, 0.2) is 36.7 Å². The van der Waals surface area contributed by atoms with Crippen molar-refractivity contribution in [2.24, 2.45) is 0 Å². The zero-order valence-electron chi connectivity index (χ0n) is 10.3. The van der Waals surface area contributed by atoms with Gasteiger partial charge in [-0.05, 0) is 31.2 Å². The van der Waals surface area contributed by atoms with E-state index in [1.807, 2.05) is 0 Å². The number of aromatic nitrogens is 1. The average Bonchev–Trinajstić information content (AvgIpc) is 2.37. The van der Waals surface area contributed by atoms with Crippen LogP contribution in [0.2, 0.25) is 0 Å². The van der Waals surface area contributed by atoms with E-state index in [2.05, 4.69) is 4.98 Å². The summed E-state index contributed by atoms with van der Waals surface area (Å²) in [6.45, 7) is 1.61. The highest BCUT2D eigenvalue weighted by molar-refractivity contribution is 5.35. The maximum absolute atomic E-state index is 13.1. The molecule has 19 heavy (non-hydrogen) atoms. The molecule has 1 N–H and O–H groups in total. The van der Waals surface area contributed by atoms with Crippen molar-refractivity contribution in [2.75, 3.05) is 0 Å². The third-order valence-corrected chi connectivity index (χ3v) is 2.58. The molecule has 0 radical (unpaired) electrons. The number of aliphatic hydroxyl groups excluding tert-OH is 1. The van der Waals surface area contributed by atoms with E-state index < -0.39 is 17.7 Å². The number of rotatable bonds is 4. The van der Waals surface area contributed by atoms with Gasteiger partial charge in [-0.15, -0.1) is 0 Å². The Kier molecular flexibility index (Phi) is 4.06. The molecule has 0 spiro atoms. The van der Waals surface area contributed by atoms with Crippen LogP contribution in [0, 0.1) is 11.6 Å². The van der Waals surface area contributed by atoms with Gasteiger partial charge >= 0.3 is 0 Å². The summed E-state index contributed by atoms with van der Waals surface area (Å²) in [7, 11) is 0. The second-order valence-electron chi connectivity index (χ2n) is 4.16. The summed E-state index contributed by atoms with van der Waals surface area (Å²) >= 11 is 0. The first-order valence-electron chi connectivity index (χ1n) is 5.76. The highest BCUT2D eigenvalue weighted by atomic mass is 19.1. The predicted octanol–water partition coefficient (Wildman–Crippen LogP) is 2.99. The molecular formula is C14H13F2NO2. The molecule has 1 atom stereocenters. The van der Waals surface area contributed by atoms with Crippen molar-refractivity contribution in [2.45, 2.75) is 19.6 Å². The van der Waals surface area contributed by atoms with Crippen molar-refractivity contribution in [1.82, 2.24) is 4.98 Å². The standard InChI is InChI=1S/C14H13F2NO2/c1-9(18)13-5-11(15)2-3-14(13)19-8-10-4-12(16)7-17-6-10/h2-7,9,18H,8H2,1H3. The molecule has 100 valence electrons. The van der Waals surface area contributed by atoms with Gasteiger partial charge in [0, 0.05) is 17.3 Å². The molecular weight excluding hydrogens is 252 g/mol. The number of aliphatic hydroxyl groups is 1. The number of benzene rings is 1. The summed E-state index contributed by atoms with van der Waals surface area (Å²) in [6, 6.07) is 5.19. The lowest BCUT2D eigenvalue weighted by atomic mass is 10.1. The minimum absolute atomic E-state index is 0.0934. The molecule has 1 aromatic carbocycles. The molecule has 0 saturated heterocycles. The molecule has 0 aliphatic carbocycles. The van der Waals surface area contributed by atoms with Crippen molar-refractivity contribution in [3.8, 4) is 5.75 Å². The number of halogens is 2. The average molecular weight is 265 g/mol. The van der Waals surface area contributed by atoms with Gasteiger partial charge in [-0.2, -0.15) is 0 Å². The Morgan fingerprint density at radius 1 is 1.21 bits per heavy atom. The van der Waals surface area contributed by atoms with Gasteiger partial charge in [0.15, 0.2) is 0 Å². The molecule has 1 aromatic heterocycles. The summed E-state index contributed by atoms with van der Waals surface area (Å²) in [5.74, 6) is -0.535. The highest BCUT2D eigenvalue weighted by Crippen LogP contribution is 2.26. The van der Waals surface area contributed by atoms with Crippen LogP contribution < -0.4 is 4.74 Å². The molecule has 1 heterocycles. The first-order valence-corrected chi connectivity index (χ1v) is 5.76. The number of nitrogens with zero attached hydrogens (tertiary/aromatic N) is 1. The zero-order valence-corrected chi connectivity index (χ0v) is 10.3. The van der Waals surface area contributed by atoms with Gasteiger partial charge < -0.3 is 9.84 Å². The molecule has 1 unspecified atom stereocenters. The lowest BCUT2D eigenvalue weighted by molar-refractivity contribution is 0.189. The molecule has 2 rings (SSSR count). The minimum Gasteiger partial charge on any atom is -0.488 e. The van der Waals surface area contributed by atoms with Crippen LogP contribution in [0.5, 0.6) is 5.75 Å². The third kappa shape index (κ3) is 3.48. The Morgan fingerprint density at radius 2 is 2.00 bits per heavy atom. The normalized spacial score (nSPS) is 12.2. The highest BCUT2D eigenvalue weighted by Gasteiger charge is 2.11. The van der Waals surface area contributed by atoms with Gasteiger partial charge in [-0.3, -0.25) is 4.98 Å². The summed E-state index contributed by atoms with van der Waals surface area (Å²) in [5.41, 5.74) is 0.908. The lowest BCUT2D eigenvalue weighted by Gasteiger charge is -2.13. The quantitative estimate of drug-likeness (QED) is 0.924. The molecule has 0 amide bonds. The maximum Gasteiger partial charge on any atom is 0.141 e. The van der Waals surface area contributed by atoms with Gasteiger partial charge in [-0.1, -0.05) is 0 Å². The third-order valence-electron chi connectivity index (χ3n) is 2.58. The SMILES string of the molecule is CC(O)c1cc(F)ccc1OCc1cncc(F)c1. The van der Waals surface area contributed by atoms with Crippen LogP contribution in [-0.2, 0) is 6.61 Å². The second kappa shape index (κ2) is 5.75. The van der Waals surface area contributed by atoms with E-state index in [4.69, 9.17) is 4.74 Å². The fourth-order valence-corrected chi connectivity index (χ4v) is 1.67. The van der Waals surface area contributed by atoms with E-state index in [1.54, 1.807) is 0 Å². The van der Waals surface area contributed by atoms with E-state index in [-0.39, 0.29) is 6.61 Å². The number of ether oxygens (including phenoxy) is 1. The van der Waals surface area contributed by atoms with Crippen molar-refractivity contribution >= 4 is 0 Å². The van der Waals surface area contributed by atoms with Crippen molar-refractivity contribution in [3.05, 3.63) is 59.4 Å². The summed E-state index contributed by atoms with van der Waals surface area (Å²) in [4.78, 5) is 3.70. The van der Waals surface area contributed by atoms with Gasteiger partial charge in [0.1, 0.15) is 24.0 Å². The van der Waals surface area contributed by atoms with Crippen molar-refractivity contribution < 1.29 is 18.6 Å². The van der Waals surface area contributed by atoms with Crippen LogP contribution in [0.25, 0.3) is 0 Å². The van der Waals surface area contributed by atoms with Gasteiger partial charge in [0.25, 0.3) is 0 Å². The number of pyridine rings is 1. The molecule has 0 bridgehead atoms. The van der Waals surface area contributed by atoms with Gasteiger partial charge in [0.05, 0.1) is 12.3 Å². The Labute approximate surface area is 109 Å². The van der Waals surface area contributed by atoms with Gasteiger partial charge in [-0.25, -0.2) is 8.78 Å². The van der Waals surface area contributed by atoms with E-state index >= 15 is 0 Å². The monoisotopic (exact) mass is 265 g/mol. The Hall–Kier alpha value is -2.01. The first-order chi connectivity index (χ1) is 9.06. The smallest absolute Gasteiger partial charge is 0.141 e. The van der Waals surface area contributed by atoms with Crippen LogP contribution in [0.1, 0.15) is 24.2 Å². The zero-order chi connectivity index (χ0) is 13.8. The molecule has 2 aromatic rings. The van der Waals surface area contributed by atoms with Crippen LogP contribution in [-0.4, -0.2) is 10.1 Å². The topological polar surface area (TPSA) is 42.4 Å². The molecule has 0 saturated carbocycles. The first kappa shape index (κ1) is 13.4. The molecule has 5 heteroatoms. The minimum atomic E-state index is -0.851. The lowest BCUT2D eigenvalue weighted by Crippen LogP contribution is -2.02. The molecule has 0 aliphatic heterocycles. The van der Waals surface area contributed by atoms with Crippen molar-refractivity contribution in [1.29, 1.82) is 0 Å². The fourth-order valence-electron chi connectivity index (χ4n) is 1.67. The van der Waals surface area contributed by atoms with E-state index in [0.29, 0.717) is 16.9 Å². The number of hydrogen-bond donors (Lipinski definition) is 1. The fraction of sp³-hybridized carbons (Fsp3) is 0.214. The molecule has 0 aliphatic rings. The van der Waals surface area contributed by atoms with E-state index in [1.165, 1.54) is 37.4 Å². The van der Waals surface area contributed by atoms with E-state index in [9.17, 15) is 13.9 Å². The summed E-state index contributed by atoms with van der Waals surface area (Å²) in [5, 5.41) is 9.55. The Balaban J connectivity index is 2.15. The van der Waals surface area contributed by atoms with Gasteiger partial charge in [0.2, 0.25) is 0 Å². The predicted molar refractivity (Wildman–Crippen MR) is 65.6 cm³/mol. The summed E-state index contributed by atoms with van der Waals surface area (Å²) in [6.07, 6.45) is 1.73. The largest absolute Gasteiger partial charge is 0.488 e. The van der Waals surface area contributed by atoms with E-state index in [0.717, 1.165) is 6.20 Å².